The smallest absolute Gasteiger partial charge is 0.716 e. The van der Waals surface area contributed by atoms with Crippen LogP contribution in [0.4, 0.5) is 5.69 Å². The molecule has 0 atom stereocenters. The van der Waals surface area contributed by atoms with Crippen molar-refractivity contribution in [1.29, 1.82) is 0 Å². The van der Waals surface area contributed by atoms with Crippen LogP contribution in [0.25, 0.3) is 0 Å². The van der Waals surface area contributed by atoms with Crippen LogP contribution in [-0.2, 0) is 16.8 Å². The first-order chi connectivity index (χ1) is 11.0. The zero-order valence-electron chi connectivity index (χ0n) is 13.5. The molecular formula is C15H16N3NaO4S. The van der Waals surface area contributed by atoms with Gasteiger partial charge in [0.25, 0.3) is 10.4 Å². The molecule has 9 heteroatoms. The third-order valence-electron chi connectivity index (χ3n) is 2.88. The Morgan fingerprint density at radius 2 is 1.58 bits per heavy atom. The van der Waals surface area contributed by atoms with E-state index in [-0.39, 0.29) is 35.3 Å². The second-order valence-electron chi connectivity index (χ2n) is 4.73. The van der Waals surface area contributed by atoms with Crippen molar-refractivity contribution in [2.75, 3.05) is 13.7 Å². The number of hydrogen-bond acceptors (Lipinski definition) is 7. The molecule has 1 N–H and O–H groups in total. The van der Waals surface area contributed by atoms with Crippen LogP contribution in [0.1, 0.15) is 11.1 Å². The van der Waals surface area contributed by atoms with E-state index >= 15 is 0 Å². The van der Waals surface area contributed by atoms with Gasteiger partial charge in [0.2, 0.25) is 0 Å². The molecule has 0 heterocycles. The number of nitrogens with one attached hydrogen (secondary N) is 1. The number of nitrogens with zero attached hydrogens (tertiary/aromatic N) is 2. The van der Waals surface area contributed by atoms with Gasteiger partial charge in [-0.1, -0.05) is 24.3 Å². The zero-order valence-corrected chi connectivity index (χ0v) is 16.3. The van der Waals surface area contributed by atoms with E-state index in [2.05, 4.69) is 19.7 Å². The van der Waals surface area contributed by atoms with Gasteiger partial charge in [-0.3, -0.25) is 5.32 Å². The van der Waals surface area contributed by atoms with E-state index in [1.807, 2.05) is 24.3 Å². The molecule has 0 radical (unpaired) electrons. The van der Waals surface area contributed by atoms with E-state index in [4.69, 9.17) is 0 Å². The van der Waals surface area contributed by atoms with E-state index in [1.54, 1.807) is 19.2 Å². The summed E-state index contributed by atoms with van der Waals surface area (Å²) in [4.78, 5) is 0. The maximum atomic E-state index is 10.5. The van der Waals surface area contributed by atoms with Crippen molar-refractivity contribution in [3.8, 4) is 5.75 Å². The van der Waals surface area contributed by atoms with E-state index < -0.39 is 10.4 Å². The first-order valence-electron chi connectivity index (χ1n) is 6.81. The zero-order chi connectivity index (χ0) is 16.7. The summed E-state index contributed by atoms with van der Waals surface area (Å²) in [7, 11) is -2.94. The average Bonchev–Trinajstić information content (AvgIpc) is 2.50. The Labute approximate surface area is 163 Å². The van der Waals surface area contributed by atoms with Gasteiger partial charge in [-0.15, -0.1) is 0 Å². The largest absolute Gasteiger partial charge is 1.00 e. The average molecular weight is 357 g/mol. The fourth-order valence-corrected chi connectivity index (χ4v) is 2.23. The van der Waals surface area contributed by atoms with Gasteiger partial charge in [-0.25, -0.2) is 8.42 Å². The monoisotopic (exact) mass is 357 g/mol. The third kappa shape index (κ3) is 7.52. The molecular weight excluding hydrogens is 341 g/mol. The van der Waals surface area contributed by atoms with Crippen LogP contribution in [0.15, 0.2) is 58.8 Å². The minimum atomic E-state index is -4.74. The van der Waals surface area contributed by atoms with Gasteiger partial charge in [-0.2, -0.15) is 10.2 Å². The van der Waals surface area contributed by atoms with Gasteiger partial charge in [-0.05, 0) is 48.9 Å². The van der Waals surface area contributed by atoms with Gasteiger partial charge in [0.15, 0.2) is 0 Å². The van der Waals surface area contributed by atoms with Crippen LogP contribution >= 0.6 is 0 Å². The van der Waals surface area contributed by atoms with Crippen molar-refractivity contribution in [2.45, 2.75) is 6.42 Å². The molecule has 0 aromatic heterocycles. The molecule has 0 amide bonds. The van der Waals surface area contributed by atoms with Crippen LogP contribution in [0.2, 0.25) is 0 Å². The van der Waals surface area contributed by atoms with Crippen LogP contribution in [0, 0.1) is 0 Å². The molecule has 0 saturated heterocycles. The number of benzene rings is 2. The molecule has 0 bridgehead atoms. The predicted octanol–water partition coefficient (Wildman–Crippen LogP) is -0.619. The summed E-state index contributed by atoms with van der Waals surface area (Å²) in [6.45, 7) is 0.468. The van der Waals surface area contributed by atoms with E-state index in [9.17, 15) is 13.0 Å². The van der Waals surface area contributed by atoms with Gasteiger partial charge < -0.3 is 8.74 Å². The predicted molar refractivity (Wildman–Crippen MR) is 84.5 cm³/mol. The molecule has 0 unspecified atom stereocenters. The van der Waals surface area contributed by atoms with Gasteiger partial charge in [0, 0.05) is 0 Å². The molecule has 0 saturated carbocycles. The van der Waals surface area contributed by atoms with Crippen LogP contribution in [0.5, 0.6) is 5.75 Å². The Morgan fingerprint density at radius 3 is 2.08 bits per heavy atom. The molecule has 2 aromatic carbocycles. The second kappa shape index (κ2) is 9.87. The van der Waals surface area contributed by atoms with Crippen molar-refractivity contribution in [3.05, 3.63) is 59.7 Å². The van der Waals surface area contributed by atoms with Gasteiger partial charge in [0.05, 0.1) is 5.69 Å². The summed E-state index contributed by atoms with van der Waals surface area (Å²) in [5, 5.41) is 10.9. The summed E-state index contributed by atoms with van der Waals surface area (Å²) in [6, 6.07) is 13.9. The van der Waals surface area contributed by atoms with Crippen LogP contribution in [0.3, 0.4) is 0 Å². The summed E-state index contributed by atoms with van der Waals surface area (Å²) in [5.41, 5.74) is 2.81. The standard InChI is InChI=1S/C15H17N3O4S.Na/c1-16-11-17-18-14-6-2-12(3-7-14)10-13-4-8-15(9-5-13)22-23(19,20)21;/h2-9,16H,10-11H2,1H3,(H,19,20,21);/q;+1/p-1. The first kappa shape index (κ1) is 20.8. The summed E-state index contributed by atoms with van der Waals surface area (Å²) < 4.78 is 35.8. The molecule has 122 valence electrons. The van der Waals surface area contributed by atoms with E-state index in [1.165, 1.54) is 12.1 Å². The van der Waals surface area contributed by atoms with E-state index in [0.29, 0.717) is 13.1 Å². The van der Waals surface area contributed by atoms with Crippen molar-refractivity contribution < 1.29 is 46.7 Å². The molecule has 2 rings (SSSR count). The molecule has 2 aromatic rings. The minimum absolute atomic E-state index is 0. The molecule has 0 aliphatic rings. The fourth-order valence-electron chi connectivity index (χ4n) is 1.88. The topological polar surface area (TPSA) is 103 Å². The van der Waals surface area contributed by atoms with Gasteiger partial charge in [0.1, 0.15) is 12.4 Å². The minimum Gasteiger partial charge on any atom is -0.716 e. The fraction of sp³-hybridized carbons (Fsp3) is 0.200. The van der Waals surface area contributed by atoms with Gasteiger partial charge >= 0.3 is 29.6 Å². The van der Waals surface area contributed by atoms with Crippen molar-refractivity contribution >= 4 is 16.1 Å². The SMILES string of the molecule is CNCN=Nc1ccc(Cc2ccc(OS(=O)(=O)[O-])cc2)cc1.[Na+]. The maximum Gasteiger partial charge on any atom is 1.00 e. The maximum absolute atomic E-state index is 10.5. The molecule has 0 aliphatic heterocycles. The number of hydrogen-bond donors (Lipinski definition) is 1. The number of azo groups is 1. The molecule has 0 spiro atoms. The quantitative estimate of drug-likeness (QED) is 0.308. The van der Waals surface area contributed by atoms with Crippen LogP contribution < -0.4 is 39.1 Å². The Morgan fingerprint density at radius 1 is 1.04 bits per heavy atom. The van der Waals surface area contributed by atoms with E-state index in [0.717, 1.165) is 16.8 Å². The molecule has 7 nitrogen and oxygen atoms in total. The summed E-state index contributed by atoms with van der Waals surface area (Å²) in [6.07, 6.45) is 0.665. The molecule has 0 fully saturated rings. The summed E-state index contributed by atoms with van der Waals surface area (Å²) in [5.74, 6) is 0.00374. The van der Waals surface area contributed by atoms with Crippen molar-refractivity contribution in [1.82, 2.24) is 5.32 Å². The summed E-state index contributed by atoms with van der Waals surface area (Å²) >= 11 is 0. The van der Waals surface area contributed by atoms with Crippen LogP contribution in [-0.4, -0.2) is 26.7 Å². The second-order valence-corrected chi connectivity index (χ2v) is 5.72. The Kier molecular flexibility index (Phi) is 8.54. The first-order valence-corrected chi connectivity index (χ1v) is 8.15. The third-order valence-corrected chi connectivity index (χ3v) is 3.28. The van der Waals surface area contributed by atoms with Crippen molar-refractivity contribution in [2.24, 2.45) is 10.2 Å². The van der Waals surface area contributed by atoms with Crippen molar-refractivity contribution in [3.63, 3.8) is 0 Å². The Hall–Kier alpha value is -1.29. The Balaban J connectivity index is 0.00000288. The Bertz CT molecular complexity index is 762. The molecule has 0 aliphatic carbocycles. The molecule has 24 heavy (non-hydrogen) atoms. The number of rotatable bonds is 7. The normalized spacial score (nSPS) is 11.2.